The molecule has 2 rings (SSSR count). The van der Waals surface area contributed by atoms with Crippen LogP contribution in [0.2, 0.25) is 5.02 Å². The fourth-order valence-corrected chi connectivity index (χ4v) is 1.88. The molecule has 2 aromatic rings. The second kappa shape index (κ2) is 6.04. The molecule has 1 N–H and O–H groups in total. The summed E-state index contributed by atoms with van der Waals surface area (Å²) >= 11 is 5.81. The van der Waals surface area contributed by atoms with Gasteiger partial charge in [-0.1, -0.05) is 23.7 Å². The Hall–Kier alpha value is -1.58. The highest BCUT2D eigenvalue weighted by Crippen LogP contribution is 2.32. The summed E-state index contributed by atoms with van der Waals surface area (Å²) < 4.78 is 19.6. The van der Waals surface area contributed by atoms with Crippen molar-refractivity contribution in [3.63, 3.8) is 0 Å². The largest absolute Gasteiger partial charge is 0.454 e. The summed E-state index contributed by atoms with van der Waals surface area (Å²) in [4.78, 5) is 0. The van der Waals surface area contributed by atoms with Crippen LogP contribution in [-0.4, -0.2) is 7.05 Å². The third-order valence-electron chi connectivity index (χ3n) is 2.93. The van der Waals surface area contributed by atoms with E-state index < -0.39 is 0 Å². The van der Waals surface area contributed by atoms with Gasteiger partial charge in [0.2, 0.25) is 0 Å². The first kappa shape index (κ1) is 13.8. The van der Waals surface area contributed by atoms with Crippen molar-refractivity contribution >= 4 is 11.6 Å². The first-order valence-corrected chi connectivity index (χ1v) is 6.38. The summed E-state index contributed by atoms with van der Waals surface area (Å²) in [6.07, 6.45) is 0. The Morgan fingerprint density at radius 1 is 1.16 bits per heavy atom. The molecule has 0 bridgehead atoms. The van der Waals surface area contributed by atoms with Crippen molar-refractivity contribution in [3.05, 3.63) is 58.9 Å². The van der Waals surface area contributed by atoms with Crippen LogP contribution in [0.25, 0.3) is 0 Å². The summed E-state index contributed by atoms with van der Waals surface area (Å²) in [6, 6.07) is 11.7. The Bertz CT molecular complexity index is 557. The summed E-state index contributed by atoms with van der Waals surface area (Å²) in [6.45, 7) is 1.95. The van der Waals surface area contributed by atoms with E-state index in [2.05, 4.69) is 5.32 Å². The van der Waals surface area contributed by atoms with Gasteiger partial charge < -0.3 is 10.1 Å². The minimum absolute atomic E-state index is 0.00185. The van der Waals surface area contributed by atoms with E-state index in [4.69, 9.17) is 16.3 Å². The molecule has 4 heteroatoms. The maximum atomic E-state index is 13.9. The topological polar surface area (TPSA) is 21.3 Å². The average molecular weight is 280 g/mol. The van der Waals surface area contributed by atoms with Gasteiger partial charge in [0.15, 0.2) is 11.6 Å². The molecule has 1 atom stereocenters. The number of ether oxygens (including phenoxy) is 1. The first-order valence-electron chi connectivity index (χ1n) is 6.01. The fraction of sp³-hybridized carbons (Fsp3) is 0.200. The predicted molar refractivity (Wildman–Crippen MR) is 75.4 cm³/mol. The molecule has 2 nitrogen and oxygen atoms in total. The molecule has 0 saturated carbocycles. The second-order valence-corrected chi connectivity index (χ2v) is 4.66. The molecular weight excluding hydrogens is 265 g/mol. The van der Waals surface area contributed by atoms with Gasteiger partial charge in [0.05, 0.1) is 0 Å². The summed E-state index contributed by atoms with van der Waals surface area (Å²) in [5, 5.41) is 3.69. The van der Waals surface area contributed by atoms with Crippen LogP contribution in [0, 0.1) is 5.82 Å². The number of benzene rings is 2. The fourth-order valence-electron chi connectivity index (χ4n) is 1.75. The monoisotopic (exact) mass is 279 g/mol. The Kier molecular flexibility index (Phi) is 4.40. The molecule has 0 aliphatic rings. The molecule has 0 spiro atoms. The molecule has 2 aromatic carbocycles. The summed E-state index contributed by atoms with van der Waals surface area (Å²) in [7, 11) is 1.82. The van der Waals surface area contributed by atoms with E-state index in [9.17, 15) is 4.39 Å². The molecule has 0 heterocycles. The number of rotatable bonds is 4. The molecule has 19 heavy (non-hydrogen) atoms. The van der Waals surface area contributed by atoms with E-state index in [0.29, 0.717) is 10.8 Å². The van der Waals surface area contributed by atoms with Crippen LogP contribution >= 0.6 is 11.6 Å². The third kappa shape index (κ3) is 3.25. The minimum atomic E-state index is -0.380. The number of nitrogens with one attached hydrogen (secondary N) is 1. The third-order valence-corrected chi connectivity index (χ3v) is 3.18. The van der Waals surface area contributed by atoms with Gasteiger partial charge in [-0.3, -0.25) is 0 Å². The van der Waals surface area contributed by atoms with Gasteiger partial charge in [-0.15, -0.1) is 0 Å². The highest BCUT2D eigenvalue weighted by molar-refractivity contribution is 6.30. The van der Waals surface area contributed by atoms with Crippen LogP contribution in [0.4, 0.5) is 4.39 Å². The smallest absolute Gasteiger partial charge is 0.167 e. The van der Waals surface area contributed by atoms with E-state index in [1.165, 1.54) is 6.07 Å². The molecule has 0 aromatic heterocycles. The molecule has 1 unspecified atom stereocenters. The molecule has 0 saturated heterocycles. The lowest BCUT2D eigenvalue weighted by atomic mass is 10.1. The van der Waals surface area contributed by atoms with Gasteiger partial charge in [0, 0.05) is 16.6 Å². The van der Waals surface area contributed by atoms with E-state index >= 15 is 0 Å². The van der Waals surface area contributed by atoms with E-state index in [1.807, 2.05) is 20.0 Å². The molecule has 0 aliphatic heterocycles. The van der Waals surface area contributed by atoms with Crippen molar-refractivity contribution in [1.82, 2.24) is 5.32 Å². The minimum Gasteiger partial charge on any atom is -0.454 e. The zero-order valence-corrected chi connectivity index (χ0v) is 11.5. The lowest BCUT2D eigenvalue weighted by Gasteiger charge is -2.16. The molecule has 0 fully saturated rings. The highest BCUT2D eigenvalue weighted by atomic mass is 35.5. The van der Waals surface area contributed by atoms with E-state index in [1.54, 1.807) is 30.3 Å². The molecule has 100 valence electrons. The van der Waals surface area contributed by atoms with Gasteiger partial charge >= 0.3 is 0 Å². The predicted octanol–water partition coefficient (Wildman–Crippen LogP) is 4.55. The maximum absolute atomic E-state index is 13.9. The highest BCUT2D eigenvalue weighted by Gasteiger charge is 2.15. The van der Waals surface area contributed by atoms with Crippen molar-refractivity contribution in [2.24, 2.45) is 0 Å². The van der Waals surface area contributed by atoms with Crippen LogP contribution in [0.3, 0.4) is 0 Å². The average Bonchev–Trinajstić information content (AvgIpc) is 2.42. The molecule has 0 amide bonds. The maximum Gasteiger partial charge on any atom is 0.167 e. The summed E-state index contributed by atoms with van der Waals surface area (Å²) in [5.74, 6) is 0.417. The molecular formula is C15H15ClFNO. The summed E-state index contributed by atoms with van der Waals surface area (Å²) in [5.41, 5.74) is 0.775. The van der Waals surface area contributed by atoms with Crippen molar-refractivity contribution in [2.45, 2.75) is 13.0 Å². The quantitative estimate of drug-likeness (QED) is 0.886. The van der Waals surface area contributed by atoms with Crippen LogP contribution in [0.5, 0.6) is 11.5 Å². The van der Waals surface area contributed by atoms with Crippen molar-refractivity contribution in [1.29, 1.82) is 0 Å². The lowest BCUT2D eigenvalue weighted by Crippen LogP contribution is -2.13. The van der Waals surface area contributed by atoms with Gasteiger partial charge in [0.25, 0.3) is 0 Å². The number of halogens is 2. The number of hydrogen-bond donors (Lipinski definition) is 1. The first-order chi connectivity index (χ1) is 9.11. The van der Waals surface area contributed by atoms with Gasteiger partial charge in [-0.05, 0) is 44.3 Å². The van der Waals surface area contributed by atoms with Crippen molar-refractivity contribution < 1.29 is 9.13 Å². The van der Waals surface area contributed by atoms with Crippen LogP contribution in [0.1, 0.15) is 18.5 Å². The number of para-hydroxylation sites is 1. The van der Waals surface area contributed by atoms with Crippen LogP contribution in [-0.2, 0) is 0 Å². The molecule has 0 radical (unpaired) electrons. The van der Waals surface area contributed by atoms with Crippen LogP contribution < -0.4 is 10.1 Å². The standard InChI is InChI=1S/C15H15ClFNO/c1-10(18-2)13-4-3-5-14(17)15(13)19-12-8-6-11(16)7-9-12/h3-10,18H,1-2H3. The van der Waals surface area contributed by atoms with Gasteiger partial charge in [-0.25, -0.2) is 4.39 Å². The Labute approximate surface area is 117 Å². The Balaban J connectivity index is 2.35. The molecule has 0 aliphatic carbocycles. The second-order valence-electron chi connectivity index (χ2n) is 4.22. The van der Waals surface area contributed by atoms with E-state index in [0.717, 1.165) is 5.56 Å². The van der Waals surface area contributed by atoms with Gasteiger partial charge in [0.1, 0.15) is 5.75 Å². The number of hydrogen-bond acceptors (Lipinski definition) is 2. The Morgan fingerprint density at radius 3 is 2.47 bits per heavy atom. The zero-order valence-electron chi connectivity index (χ0n) is 10.8. The lowest BCUT2D eigenvalue weighted by molar-refractivity contribution is 0.428. The van der Waals surface area contributed by atoms with Crippen molar-refractivity contribution in [2.75, 3.05) is 7.05 Å². The van der Waals surface area contributed by atoms with Crippen LogP contribution in [0.15, 0.2) is 42.5 Å². The zero-order chi connectivity index (χ0) is 13.8. The normalized spacial score (nSPS) is 12.2. The Morgan fingerprint density at radius 2 is 1.84 bits per heavy atom. The van der Waals surface area contributed by atoms with Crippen molar-refractivity contribution in [3.8, 4) is 11.5 Å². The van der Waals surface area contributed by atoms with Gasteiger partial charge in [-0.2, -0.15) is 0 Å². The SMILES string of the molecule is CNC(C)c1cccc(F)c1Oc1ccc(Cl)cc1. The van der Waals surface area contributed by atoms with E-state index in [-0.39, 0.29) is 17.6 Å².